The molecule has 0 saturated heterocycles. The van der Waals surface area contributed by atoms with Crippen LogP contribution in [0.5, 0.6) is 0 Å². The number of hydrogen-bond donors (Lipinski definition) is 2. The molecule has 1 aromatic heterocycles. The van der Waals surface area contributed by atoms with E-state index in [1.54, 1.807) is 22.8 Å². The lowest BCUT2D eigenvalue weighted by molar-refractivity contribution is -0.117. The molecule has 0 aliphatic heterocycles. The van der Waals surface area contributed by atoms with Crippen LogP contribution in [-0.4, -0.2) is 32.8 Å². The number of urea groups is 1. The highest BCUT2D eigenvalue weighted by atomic mass is 35.5. The van der Waals surface area contributed by atoms with Gasteiger partial charge in [-0.25, -0.2) is 9.78 Å². The molecule has 0 fully saturated rings. The molecular formula is C18H23ClN4O3S. The van der Waals surface area contributed by atoms with E-state index >= 15 is 0 Å². The number of thioether (sulfide) groups is 1. The van der Waals surface area contributed by atoms with E-state index < -0.39 is 17.5 Å². The summed E-state index contributed by atoms with van der Waals surface area (Å²) in [6, 6.07) is 4.36. The number of imide groups is 1. The van der Waals surface area contributed by atoms with E-state index in [1.807, 2.05) is 27.7 Å². The molecular weight excluding hydrogens is 388 g/mol. The van der Waals surface area contributed by atoms with E-state index in [4.69, 9.17) is 11.6 Å². The van der Waals surface area contributed by atoms with Crippen molar-refractivity contribution >= 4 is 46.2 Å². The van der Waals surface area contributed by atoms with Gasteiger partial charge in [-0.2, -0.15) is 0 Å². The third-order valence-corrected chi connectivity index (χ3v) is 4.61. The van der Waals surface area contributed by atoms with E-state index in [-0.39, 0.29) is 11.3 Å². The van der Waals surface area contributed by atoms with Gasteiger partial charge in [-0.1, -0.05) is 30.3 Å². The van der Waals surface area contributed by atoms with Crippen molar-refractivity contribution in [1.29, 1.82) is 0 Å². The topological polar surface area (TPSA) is 93.1 Å². The van der Waals surface area contributed by atoms with Gasteiger partial charge in [0.25, 0.3) is 5.56 Å². The number of fused-ring (bicyclic) bond motifs is 1. The molecule has 9 heteroatoms. The van der Waals surface area contributed by atoms with Gasteiger partial charge in [0.2, 0.25) is 5.91 Å². The molecule has 0 atom stereocenters. The lowest BCUT2D eigenvalue weighted by Gasteiger charge is -2.20. The second-order valence-electron chi connectivity index (χ2n) is 7.05. The zero-order chi connectivity index (χ0) is 20.2. The SMILES string of the molecule is CCCn1c(SCC(=O)NC(=O)NC(C)(C)C)nc2cc(Cl)ccc2c1=O. The number of nitrogens with one attached hydrogen (secondary N) is 2. The van der Waals surface area contributed by atoms with Crippen LogP contribution in [0, 0.1) is 0 Å². The van der Waals surface area contributed by atoms with E-state index in [1.165, 1.54) is 0 Å². The molecule has 1 heterocycles. The molecule has 7 nitrogen and oxygen atoms in total. The molecule has 0 aliphatic carbocycles. The van der Waals surface area contributed by atoms with Gasteiger partial charge in [0.05, 0.1) is 16.7 Å². The van der Waals surface area contributed by atoms with Crippen molar-refractivity contribution in [1.82, 2.24) is 20.2 Å². The average Bonchev–Trinajstić information content (AvgIpc) is 2.53. The molecule has 2 rings (SSSR count). The van der Waals surface area contributed by atoms with Crippen LogP contribution in [0.25, 0.3) is 10.9 Å². The Balaban J connectivity index is 2.19. The number of hydrogen-bond acceptors (Lipinski definition) is 5. The van der Waals surface area contributed by atoms with Crippen molar-refractivity contribution in [2.24, 2.45) is 0 Å². The zero-order valence-electron chi connectivity index (χ0n) is 15.8. The van der Waals surface area contributed by atoms with Gasteiger partial charge in [0.1, 0.15) is 0 Å². The lowest BCUT2D eigenvalue weighted by Crippen LogP contribution is -2.48. The fourth-order valence-corrected chi connectivity index (χ4v) is 3.36. The first-order valence-electron chi connectivity index (χ1n) is 8.55. The maximum Gasteiger partial charge on any atom is 0.321 e. The van der Waals surface area contributed by atoms with Gasteiger partial charge in [0, 0.05) is 17.1 Å². The first kappa shape index (κ1) is 21.2. The van der Waals surface area contributed by atoms with Crippen LogP contribution in [0.1, 0.15) is 34.1 Å². The Morgan fingerprint density at radius 3 is 2.63 bits per heavy atom. The van der Waals surface area contributed by atoms with Gasteiger partial charge >= 0.3 is 6.03 Å². The fourth-order valence-electron chi connectivity index (χ4n) is 2.37. The van der Waals surface area contributed by atoms with Gasteiger partial charge in [-0.05, 0) is 45.4 Å². The van der Waals surface area contributed by atoms with Crippen molar-refractivity contribution in [3.05, 3.63) is 33.6 Å². The number of amides is 3. The summed E-state index contributed by atoms with van der Waals surface area (Å²) >= 11 is 7.10. The minimum Gasteiger partial charge on any atom is -0.333 e. The fraction of sp³-hybridized carbons (Fsp3) is 0.444. The smallest absolute Gasteiger partial charge is 0.321 e. The normalized spacial score (nSPS) is 11.4. The quantitative estimate of drug-likeness (QED) is 0.583. The Labute approximate surface area is 166 Å². The Morgan fingerprint density at radius 1 is 1.30 bits per heavy atom. The van der Waals surface area contributed by atoms with E-state index in [0.29, 0.717) is 27.6 Å². The highest BCUT2D eigenvalue weighted by Gasteiger charge is 2.17. The number of nitrogens with zero attached hydrogens (tertiary/aromatic N) is 2. The maximum atomic E-state index is 12.7. The highest BCUT2D eigenvalue weighted by Crippen LogP contribution is 2.20. The maximum absolute atomic E-state index is 12.7. The molecule has 0 radical (unpaired) electrons. The van der Waals surface area contributed by atoms with Crippen molar-refractivity contribution < 1.29 is 9.59 Å². The summed E-state index contributed by atoms with van der Waals surface area (Å²) in [6.07, 6.45) is 0.744. The number of halogens is 1. The number of rotatable bonds is 5. The van der Waals surface area contributed by atoms with E-state index in [2.05, 4.69) is 15.6 Å². The molecule has 2 aromatic rings. The molecule has 0 aliphatic rings. The van der Waals surface area contributed by atoms with Crippen LogP contribution in [0.15, 0.2) is 28.2 Å². The predicted molar refractivity (Wildman–Crippen MR) is 108 cm³/mol. The van der Waals surface area contributed by atoms with Crippen LogP contribution in [0.2, 0.25) is 5.02 Å². The van der Waals surface area contributed by atoms with E-state index in [0.717, 1.165) is 18.2 Å². The summed E-state index contributed by atoms with van der Waals surface area (Å²) in [4.78, 5) is 41.1. The Morgan fingerprint density at radius 2 is 2.00 bits per heavy atom. The first-order valence-corrected chi connectivity index (χ1v) is 9.92. The minimum absolute atomic E-state index is 0.0419. The zero-order valence-corrected chi connectivity index (χ0v) is 17.3. The van der Waals surface area contributed by atoms with Gasteiger partial charge in [0.15, 0.2) is 5.16 Å². The lowest BCUT2D eigenvalue weighted by atomic mass is 10.1. The van der Waals surface area contributed by atoms with Crippen LogP contribution in [0.3, 0.4) is 0 Å². The second kappa shape index (κ2) is 8.75. The third kappa shape index (κ3) is 5.97. The number of carbonyl (C=O) groups is 2. The first-order chi connectivity index (χ1) is 12.6. The second-order valence-corrected chi connectivity index (χ2v) is 8.43. The number of benzene rings is 1. The minimum atomic E-state index is -0.558. The highest BCUT2D eigenvalue weighted by molar-refractivity contribution is 7.99. The molecule has 0 saturated carbocycles. The van der Waals surface area contributed by atoms with E-state index in [9.17, 15) is 14.4 Å². The molecule has 27 heavy (non-hydrogen) atoms. The van der Waals surface area contributed by atoms with Crippen LogP contribution in [0.4, 0.5) is 4.79 Å². The molecule has 2 N–H and O–H groups in total. The molecule has 0 bridgehead atoms. The van der Waals surface area contributed by atoms with Gasteiger partial charge in [-0.3, -0.25) is 19.5 Å². The summed E-state index contributed by atoms with van der Waals surface area (Å²) in [6.45, 7) is 7.90. The summed E-state index contributed by atoms with van der Waals surface area (Å²) in [5.74, 6) is -0.509. The standard InChI is InChI=1S/C18H23ClN4O3S/c1-5-8-23-15(25)12-7-6-11(19)9-13(12)20-17(23)27-10-14(24)21-16(26)22-18(2,3)4/h6-7,9H,5,8,10H2,1-4H3,(H2,21,22,24,26). The Bertz CT molecular complexity index is 921. The van der Waals surface area contributed by atoms with Crippen molar-refractivity contribution in [2.45, 2.75) is 51.4 Å². The van der Waals surface area contributed by atoms with Gasteiger partial charge < -0.3 is 5.32 Å². The molecule has 3 amide bonds. The van der Waals surface area contributed by atoms with Crippen LogP contribution >= 0.6 is 23.4 Å². The molecule has 0 spiro atoms. The van der Waals surface area contributed by atoms with Crippen LogP contribution in [-0.2, 0) is 11.3 Å². The summed E-state index contributed by atoms with van der Waals surface area (Å²) in [7, 11) is 0. The third-order valence-electron chi connectivity index (χ3n) is 3.40. The molecule has 1 aromatic carbocycles. The van der Waals surface area contributed by atoms with Crippen molar-refractivity contribution in [3.63, 3.8) is 0 Å². The van der Waals surface area contributed by atoms with Crippen LogP contribution < -0.4 is 16.2 Å². The predicted octanol–water partition coefficient (Wildman–Crippen LogP) is 3.18. The summed E-state index contributed by atoms with van der Waals surface area (Å²) in [5, 5.41) is 6.31. The molecule has 0 unspecified atom stereocenters. The Kier molecular flexibility index (Phi) is 6.89. The van der Waals surface area contributed by atoms with Crippen molar-refractivity contribution in [3.8, 4) is 0 Å². The van der Waals surface area contributed by atoms with Gasteiger partial charge in [-0.15, -0.1) is 0 Å². The Hall–Kier alpha value is -2.06. The summed E-state index contributed by atoms with van der Waals surface area (Å²) in [5.41, 5.74) is -0.140. The average molecular weight is 411 g/mol. The number of aromatic nitrogens is 2. The largest absolute Gasteiger partial charge is 0.333 e. The number of carbonyl (C=O) groups excluding carboxylic acids is 2. The van der Waals surface area contributed by atoms with Crippen molar-refractivity contribution in [2.75, 3.05) is 5.75 Å². The monoisotopic (exact) mass is 410 g/mol. The molecule has 146 valence electrons. The summed E-state index contributed by atoms with van der Waals surface area (Å²) < 4.78 is 1.55.